The highest BCUT2D eigenvalue weighted by molar-refractivity contribution is 5.38. The van der Waals surface area contributed by atoms with E-state index in [1.54, 1.807) is 6.33 Å². The summed E-state index contributed by atoms with van der Waals surface area (Å²) in [5.41, 5.74) is 0. The third-order valence-electron chi connectivity index (χ3n) is 3.05. The molecule has 2 aromatic heterocycles. The topological polar surface area (TPSA) is 93.4 Å². The molecule has 0 spiro atoms. The summed E-state index contributed by atoms with van der Waals surface area (Å²) in [5.74, 6) is 1.55. The van der Waals surface area contributed by atoms with Gasteiger partial charge in [-0.05, 0) is 19.8 Å². The normalized spacial score (nSPS) is 12.1. The average molecular weight is 290 g/mol. The van der Waals surface area contributed by atoms with Crippen molar-refractivity contribution in [2.45, 2.75) is 46.1 Å². The summed E-state index contributed by atoms with van der Waals surface area (Å²) in [6.45, 7) is 7.06. The van der Waals surface area contributed by atoms with Crippen LogP contribution in [0.4, 0.5) is 11.9 Å². The van der Waals surface area contributed by atoms with Gasteiger partial charge in [-0.15, -0.1) is 0 Å². The average Bonchev–Trinajstić information content (AvgIpc) is 3.01. The lowest BCUT2D eigenvalue weighted by atomic mass is 10.1. The van der Waals surface area contributed by atoms with Gasteiger partial charge in [0.05, 0.1) is 0 Å². The molecule has 8 heteroatoms. The Morgan fingerprint density at radius 2 is 1.95 bits per heavy atom. The lowest BCUT2D eigenvalue weighted by Gasteiger charge is -2.16. The molecule has 2 N–H and O–H groups in total. The molecule has 0 saturated heterocycles. The Morgan fingerprint density at radius 3 is 2.57 bits per heavy atom. The molecule has 2 heterocycles. The highest BCUT2D eigenvalue weighted by atomic mass is 15.4. The second kappa shape index (κ2) is 7.51. The van der Waals surface area contributed by atoms with Crippen LogP contribution in [0.3, 0.4) is 0 Å². The standard InChI is InChI=1S/C13H22N8/c1-4-7-10(5-2)17-12-18-11(15-6-3)19-13(20-12)21-9-14-8-16-21/h8-10H,4-7H2,1-3H3,(H2,15,17,18,19,20). The van der Waals surface area contributed by atoms with E-state index in [1.807, 2.05) is 6.92 Å². The van der Waals surface area contributed by atoms with Gasteiger partial charge in [0, 0.05) is 12.6 Å². The third kappa shape index (κ3) is 4.11. The van der Waals surface area contributed by atoms with E-state index >= 15 is 0 Å². The number of nitrogens with one attached hydrogen (secondary N) is 2. The van der Waals surface area contributed by atoms with E-state index < -0.39 is 0 Å². The van der Waals surface area contributed by atoms with Gasteiger partial charge in [0.1, 0.15) is 12.7 Å². The molecule has 0 amide bonds. The highest BCUT2D eigenvalue weighted by Crippen LogP contribution is 2.12. The minimum Gasteiger partial charge on any atom is -0.354 e. The van der Waals surface area contributed by atoms with Gasteiger partial charge in [-0.2, -0.15) is 24.7 Å². The van der Waals surface area contributed by atoms with E-state index in [1.165, 1.54) is 11.0 Å². The van der Waals surface area contributed by atoms with Gasteiger partial charge in [0.25, 0.3) is 5.95 Å². The maximum absolute atomic E-state index is 4.42. The first-order valence-corrected chi connectivity index (χ1v) is 7.38. The van der Waals surface area contributed by atoms with Crippen LogP contribution in [0, 0.1) is 0 Å². The maximum Gasteiger partial charge on any atom is 0.258 e. The van der Waals surface area contributed by atoms with Gasteiger partial charge in [0.15, 0.2) is 0 Å². The van der Waals surface area contributed by atoms with Crippen LogP contribution in [-0.4, -0.2) is 42.3 Å². The Morgan fingerprint density at radius 1 is 1.14 bits per heavy atom. The third-order valence-corrected chi connectivity index (χ3v) is 3.05. The molecule has 0 bridgehead atoms. The highest BCUT2D eigenvalue weighted by Gasteiger charge is 2.11. The van der Waals surface area contributed by atoms with Crippen LogP contribution in [0.5, 0.6) is 0 Å². The molecule has 2 aromatic rings. The summed E-state index contributed by atoms with van der Waals surface area (Å²) in [6.07, 6.45) is 6.24. The minimum atomic E-state index is 0.357. The zero-order valence-corrected chi connectivity index (χ0v) is 12.7. The predicted octanol–water partition coefficient (Wildman–Crippen LogP) is 1.87. The number of hydrogen-bond acceptors (Lipinski definition) is 7. The zero-order chi connectivity index (χ0) is 15.1. The van der Waals surface area contributed by atoms with Crippen LogP contribution in [0.25, 0.3) is 5.95 Å². The van der Waals surface area contributed by atoms with E-state index in [0.717, 1.165) is 25.8 Å². The van der Waals surface area contributed by atoms with Gasteiger partial charge in [-0.25, -0.2) is 4.98 Å². The fraction of sp³-hybridized carbons (Fsp3) is 0.615. The van der Waals surface area contributed by atoms with Crippen molar-refractivity contribution < 1.29 is 0 Å². The molecular formula is C13H22N8. The number of anilines is 2. The predicted molar refractivity (Wildman–Crippen MR) is 81.5 cm³/mol. The van der Waals surface area contributed by atoms with Gasteiger partial charge < -0.3 is 10.6 Å². The Labute approximate surface area is 124 Å². The van der Waals surface area contributed by atoms with E-state index in [0.29, 0.717) is 23.9 Å². The van der Waals surface area contributed by atoms with Crippen molar-refractivity contribution in [3.8, 4) is 5.95 Å². The Kier molecular flexibility index (Phi) is 5.42. The fourth-order valence-electron chi connectivity index (χ4n) is 1.99. The van der Waals surface area contributed by atoms with Crippen LogP contribution < -0.4 is 10.6 Å². The minimum absolute atomic E-state index is 0.357. The summed E-state index contributed by atoms with van der Waals surface area (Å²) in [7, 11) is 0. The molecule has 0 fully saturated rings. The lowest BCUT2D eigenvalue weighted by Crippen LogP contribution is -2.21. The van der Waals surface area contributed by atoms with Crippen LogP contribution in [0.1, 0.15) is 40.0 Å². The van der Waals surface area contributed by atoms with Crippen molar-refractivity contribution in [3.63, 3.8) is 0 Å². The SMILES string of the molecule is CCCC(CC)Nc1nc(NCC)nc(-n2cncn2)n1. The summed E-state index contributed by atoms with van der Waals surface area (Å²) >= 11 is 0. The molecule has 0 aromatic carbocycles. The summed E-state index contributed by atoms with van der Waals surface area (Å²) < 4.78 is 1.52. The summed E-state index contributed by atoms with van der Waals surface area (Å²) in [4.78, 5) is 17.1. The molecule has 0 aliphatic heterocycles. The molecule has 0 aliphatic carbocycles. The fourth-order valence-corrected chi connectivity index (χ4v) is 1.99. The van der Waals surface area contributed by atoms with Crippen LogP contribution in [0.15, 0.2) is 12.7 Å². The van der Waals surface area contributed by atoms with E-state index in [4.69, 9.17) is 0 Å². The van der Waals surface area contributed by atoms with E-state index in [2.05, 4.69) is 49.5 Å². The van der Waals surface area contributed by atoms with E-state index in [-0.39, 0.29) is 0 Å². The molecule has 1 atom stereocenters. The van der Waals surface area contributed by atoms with Crippen molar-refractivity contribution >= 4 is 11.9 Å². The summed E-state index contributed by atoms with van der Waals surface area (Å²) in [6, 6.07) is 0.357. The number of aromatic nitrogens is 6. The molecule has 114 valence electrons. The molecule has 0 aliphatic rings. The van der Waals surface area contributed by atoms with Crippen LogP contribution in [-0.2, 0) is 0 Å². The van der Waals surface area contributed by atoms with Gasteiger partial charge in [-0.1, -0.05) is 20.3 Å². The van der Waals surface area contributed by atoms with Crippen molar-refractivity contribution in [2.75, 3.05) is 17.2 Å². The quantitative estimate of drug-likeness (QED) is 0.766. The summed E-state index contributed by atoms with van der Waals surface area (Å²) in [5, 5.41) is 10.5. The Hall–Kier alpha value is -2.25. The van der Waals surface area contributed by atoms with Crippen molar-refractivity contribution in [2.24, 2.45) is 0 Å². The first-order chi connectivity index (χ1) is 10.3. The van der Waals surface area contributed by atoms with Crippen molar-refractivity contribution in [1.82, 2.24) is 29.7 Å². The van der Waals surface area contributed by atoms with Crippen LogP contribution >= 0.6 is 0 Å². The van der Waals surface area contributed by atoms with Gasteiger partial charge in [0.2, 0.25) is 11.9 Å². The first-order valence-electron chi connectivity index (χ1n) is 7.38. The monoisotopic (exact) mass is 290 g/mol. The zero-order valence-electron chi connectivity index (χ0n) is 12.7. The first kappa shape index (κ1) is 15.1. The van der Waals surface area contributed by atoms with Gasteiger partial charge >= 0.3 is 0 Å². The Bertz CT molecular complexity index is 539. The molecule has 21 heavy (non-hydrogen) atoms. The molecular weight excluding hydrogens is 268 g/mol. The molecule has 1 unspecified atom stereocenters. The molecule has 0 saturated carbocycles. The van der Waals surface area contributed by atoms with Crippen LogP contribution in [0.2, 0.25) is 0 Å². The van der Waals surface area contributed by atoms with Gasteiger partial charge in [-0.3, -0.25) is 0 Å². The molecule has 2 rings (SSSR count). The second-order valence-electron chi connectivity index (χ2n) is 4.69. The number of nitrogens with zero attached hydrogens (tertiary/aromatic N) is 6. The number of rotatable bonds is 8. The maximum atomic E-state index is 4.42. The molecule has 8 nitrogen and oxygen atoms in total. The smallest absolute Gasteiger partial charge is 0.258 e. The second-order valence-corrected chi connectivity index (χ2v) is 4.69. The molecule has 0 radical (unpaired) electrons. The van der Waals surface area contributed by atoms with Crippen molar-refractivity contribution in [3.05, 3.63) is 12.7 Å². The van der Waals surface area contributed by atoms with E-state index in [9.17, 15) is 0 Å². The lowest BCUT2D eigenvalue weighted by molar-refractivity contribution is 0.616. The number of hydrogen-bond donors (Lipinski definition) is 2. The largest absolute Gasteiger partial charge is 0.354 e. The van der Waals surface area contributed by atoms with Crippen molar-refractivity contribution in [1.29, 1.82) is 0 Å². The Balaban J connectivity index is 2.27.